The maximum absolute atomic E-state index is 13.3. The number of rotatable bonds is 6. The van der Waals surface area contributed by atoms with E-state index in [-0.39, 0.29) is 11.4 Å². The second-order valence-corrected chi connectivity index (χ2v) is 10.2. The fourth-order valence-corrected chi connectivity index (χ4v) is 5.47. The summed E-state index contributed by atoms with van der Waals surface area (Å²) >= 11 is 0. The number of hydrogen-bond donors (Lipinski definition) is 2. The van der Waals surface area contributed by atoms with Crippen LogP contribution < -0.4 is 19.7 Å². The Morgan fingerprint density at radius 2 is 1.77 bits per heavy atom. The number of carbonyl (C=O) groups is 2. The Hall–Kier alpha value is -3.85. The lowest BCUT2D eigenvalue weighted by molar-refractivity contribution is -0.136. The molecule has 0 unspecified atom stereocenters. The first-order valence-electron chi connectivity index (χ1n) is 11.2. The minimum absolute atomic E-state index is 0.163. The molecule has 0 saturated carbocycles. The molecule has 0 radical (unpaired) electrons. The van der Waals surface area contributed by atoms with Crippen molar-refractivity contribution in [2.75, 3.05) is 23.3 Å². The normalized spacial score (nSPS) is 13.0. The Labute approximate surface area is 205 Å². The topological polar surface area (TPSA) is 105 Å². The van der Waals surface area contributed by atoms with Crippen LogP contribution in [-0.4, -0.2) is 33.9 Å². The molecule has 9 heteroatoms. The van der Waals surface area contributed by atoms with Gasteiger partial charge in [-0.2, -0.15) is 0 Å². The average Bonchev–Trinajstić information content (AvgIpc) is 2.87. The molecule has 0 aliphatic carbocycles. The van der Waals surface area contributed by atoms with Gasteiger partial charge in [-0.15, -0.1) is 0 Å². The largest absolute Gasteiger partial charge is 0.497 e. The molecule has 0 bridgehead atoms. The first-order valence-corrected chi connectivity index (χ1v) is 12.7. The van der Waals surface area contributed by atoms with E-state index in [9.17, 15) is 18.0 Å². The zero-order valence-corrected chi connectivity index (χ0v) is 20.4. The lowest BCUT2D eigenvalue weighted by atomic mass is 10.0. The third kappa shape index (κ3) is 5.46. The van der Waals surface area contributed by atoms with Crippen LogP contribution in [0.15, 0.2) is 71.6 Å². The van der Waals surface area contributed by atoms with Gasteiger partial charge < -0.3 is 15.4 Å². The molecule has 35 heavy (non-hydrogen) atoms. The summed E-state index contributed by atoms with van der Waals surface area (Å²) in [4.78, 5) is 25.0. The molecule has 0 fully saturated rings. The molecule has 1 aliphatic heterocycles. The number of benzene rings is 3. The van der Waals surface area contributed by atoms with Gasteiger partial charge in [0.15, 0.2) is 0 Å². The Bertz CT molecular complexity index is 1350. The monoisotopic (exact) mass is 493 g/mol. The number of sulfonamides is 1. The summed E-state index contributed by atoms with van der Waals surface area (Å²) in [5.41, 5.74) is 3.48. The number of anilines is 2. The second-order valence-electron chi connectivity index (χ2n) is 8.33. The van der Waals surface area contributed by atoms with E-state index in [2.05, 4.69) is 10.6 Å². The SMILES string of the molecule is COc1cccc(CNC(=O)C(=O)Nc2ccc3c(c2)N(S(=O)(=O)c2ccc(C)cc2)CCC3)c1. The van der Waals surface area contributed by atoms with Gasteiger partial charge in [-0.25, -0.2) is 8.42 Å². The fraction of sp³-hybridized carbons (Fsp3) is 0.231. The predicted molar refractivity (Wildman–Crippen MR) is 134 cm³/mol. The standard InChI is InChI=1S/C26H27N3O5S/c1-18-8-12-23(13-9-18)35(32,33)29-14-4-6-20-10-11-21(16-24(20)29)28-26(31)25(30)27-17-19-5-3-7-22(15-19)34-2/h3,5,7-13,15-16H,4,6,14,17H2,1-2H3,(H,27,30)(H,28,31). The van der Waals surface area contributed by atoms with E-state index >= 15 is 0 Å². The number of nitrogens with zero attached hydrogens (tertiary/aromatic N) is 1. The van der Waals surface area contributed by atoms with Crippen LogP contribution in [0.2, 0.25) is 0 Å². The van der Waals surface area contributed by atoms with Crippen molar-refractivity contribution in [2.24, 2.45) is 0 Å². The molecule has 182 valence electrons. The molecule has 3 aromatic carbocycles. The summed E-state index contributed by atoms with van der Waals surface area (Å²) in [5, 5.41) is 5.15. The first-order chi connectivity index (χ1) is 16.8. The van der Waals surface area contributed by atoms with E-state index in [0.717, 1.165) is 23.1 Å². The molecule has 2 amide bonds. The van der Waals surface area contributed by atoms with Crippen LogP contribution in [0.3, 0.4) is 0 Å². The van der Waals surface area contributed by atoms with Crippen molar-refractivity contribution < 1.29 is 22.7 Å². The third-order valence-corrected chi connectivity index (χ3v) is 7.65. The van der Waals surface area contributed by atoms with Crippen molar-refractivity contribution in [3.63, 3.8) is 0 Å². The van der Waals surface area contributed by atoms with Crippen LogP contribution in [0.4, 0.5) is 11.4 Å². The van der Waals surface area contributed by atoms with E-state index in [0.29, 0.717) is 30.1 Å². The molecule has 4 rings (SSSR count). The van der Waals surface area contributed by atoms with E-state index in [1.165, 1.54) is 4.31 Å². The van der Waals surface area contributed by atoms with Crippen molar-refractivity contribution in [3.8, 4) is 5.75 Å². The highest BCUT2D eigenvalue weighted by atomic mass is 32.2. The second kappa shape index (κ2) is 10.2. The van der Waals surface area contributed by atoms with Crippen LogP contribution in [0.5, 0.6) is 5.75 Å². The summed E-state index contributed by atoms with van der Waals surface area (Å²) in [6.07, 6.45) is 1.42. The summed E-state index contributed by atoms with van der Waals surface area (Å²) in [6, 6.07) is 18.9. The molecule has 8 nitrogen and oxygen atoms in total. The highest BCUT2D eigenvalue weighted by Gasteiger charge is 2.29. The predicted octanol–water partition coefficient (Wildman–Crippen LogP) is 3.40. The van der Waals surface area contributed by atoms with E-state index < -0.39 is 21.8 Å². The van der Waals surface area contributed by atoms with Crippen molar-refractivity contribution >= 4 is 33.2 Å². The van der Waals surface area contributed by atoms with Gasteiger partial charge in [0.05, 0.1) is 17.7 Å². The summed E-state index contributed by atoms with van der Waals surface area (Å²) in [6.45, 7) is 2.40. The maximum Gasteiger partial charge on any atom is 0.313 e. The average molecular weight is 494 g/mol. The van der Waals surface area contributed by atoms with E-state index in [4.69, 9.17) is 4.74 Å². The minimum Gasteiger partial charge on any atom is -0.497 e. The zero-order valence-electron chi connectivity index (χ0n) is 19.6. The van der Waals surface area contributed by atoms with Crippen molar-refractivity contribution in [1.29, 1.82) is 0 Å². The van der Waals surface area contributed by atoms with E-state index in [1.54, 1.807) is 67.8 Å². The van der Waals surface area contributed by atoms with Crippen LogP contribution in [-0.2, 0) is 32.6 Å². The number of carbonyl (C=O) groups excluding carboxylic acids is 2. The van der Waals surface area contributed by atoms with Crippen molar-refractivity contribution in [1.82, 2.24) is 5.32 Å². The number of hydrogen-bond acceptors (Lipinski definition) is 5. The van der Waals surface area contributed by atoms with Gasteiger partial charge in [0.25, 0.3) is 10.0 Å². The summed E-state index contributed by atoms with van der Waals surface area (Å²) in [7, 11) is -2.22. The van der Waals surface area contributed by atoms with Crippen LogP contribution in [0.25, 0.3) is 0 Å². The molecule has 2 N–H and O–H groups in total. The number of amides is 2. The maximum atomic E-state index is 13.3. The number of nitrogens with one attached hydrogen (secondary N) is 2. The Morgan fingerprint density at radius 1 is 1.00 bits per heavy atom. The molecule has 0 saturated heterocycles. The number of aryl methyl sites for hydroxylation is 2. The summed E-state index contributed by atoms with van der Waals surface area (Å²) < 4.78 is 33.2. The minimum atomic E-state index is -3.77. The highest BCUT2D eigenvalue weighted by molar-refractivity contribution is 7.92. The quantitative estimate of drug-likeness (QED) is 0.512. The molecular weight excluding hydrogens is 466 g/mol. The lowest BCUT2D eigenvalue weighted by Gasteiger charge is -2.31. The van der Waals surface area contributed by atoms with Crippen molar-refractivity contribution in [2.45, 2.75) is 31.2 Å². The molecule has 0 atom stereocenters. The lowest BCUT2D eigenvalue weighted by Crippen LogP contribution is -2.36. The highest BCUT2D eigenvalue weighted by Crippen LogP contribution is 2.34. The fourth-order valence-electron chi connectivity index (χ4n) is 3.94. The summed E-state index contributed by atoms with van der Waals surface area (Å²) in [5.74, 6) is -0.980. The molecule has 0 aromatic heterocycles. The zero-order chi connectivity index (χ0) is 25.0. The van der Waals surface area contributed by atoms with Crippen LogP contribution >= 0.6 is 0 Å². The van der Waals surface area contributed by atoms with Crippen LogP contribution in [0.1, 0.15) is 23.1 Å². The van der Waals surface area contributed by atoms with Gasteiger partial charge in [0, 0.05) is 18.8 Å². The van der Waals surface area contributed by atoms with Gasteiger partial charge in [-0.1, -0.05) is 35.9 Å². The molecule has 1 heterocycles. The van der Waals surface area contributed by atoms with Gasteiger partial charge in [0.1, 0.15) is 5.75 Å². The van der Waals surface area contributed by atoms with Gasteiger partial charge in [0.2, 0.25) is 0 Å². The molecular formula is C26H27N3O5S. The van der Waals surface area contributed by atoms with Crippen LogP contribution in [0, 0.1) is 6.92 Å². The van der Waals surface area contributed by atoms with Gasteiger partial charge in [-0.05, 0) is 67.3 Å². The Kier molecular flexibility index (Phi) is 7.07. The Morgan fingerprint density at radius 3 is 2.51 bits per heavy atom. The molecule has 0 spiro atoms. The molecule has 1 aliphatic rings. The first kappa shape index (κ1) is 24.3. The third-order valence-electron chi connectivity index (χ3n) is 5.82. The smallest absolute Gasteiger partial charge is 0.313 e. The van der Waals surface area contributed by atoms with Gasteiger partial charge >= 0.3 is 11.8 Å². The number of methoxy groups -OCH3 is 1. The van der Waals surface area contributed by atoms with Crippen molar-refractivity contribution in [3.05, 3.63) is 83.4 Å². The Balaban J connectivity index is 1.48. The number of fused-ring (bicyclic) bond motifs is 1. The number of ether oxygens (including phenoxy) is 1. The van der Waals surface area contributed by atoms with Gasteiger partial charge in [-0.3, -0.25) is 13.9 Å². The molecule has 3 aromatic rings. The van der Waals surface area contributed by atoms with E-state index in [1.807, 2.05) is 13.0 Å².